The Morgan fingerprint density at radius 3 is 2.75 bits per heavy atom. The van der Waals surface area contributed by atoms with Crippen LogP contribution in [0.15, 0.2) is 35.3 Å². The van der Waals surface area contributed by atoms with Crippen LogP contribution in [0.5, 0.6) is 0 Å². The Morgan fingerprint density at radius 1 is 1.12 bits per heavy atom. The van der Waals surface area contributed by atoms with Crippen LogP contribution in [0.4, 0.5) is 0 Å². The standard InChI is InChI=1S/C13H18N2.ClH/c1-3-7-12(8-4-1)11-15-13-9-5-2-6-10-14-13;/h1,3-4,7-8H,2,5-6,9-11H2,(H,14,15);1H. The third kappa shape index (κ3) is 4.23. The van der Waals surface area contributed by atoms with Crippen molar-refractivity contribution in [2.75, 3.05) is 6.54 Å². The molecule has 88 valence electrons. The van der Waals surface area contributed by atoms with Gasteiger partial charge in [-0.25, -0.2) is 0 Å². The molecule has 0 spiro atoms. The summed E-state index contributed by atoms with van der Waals surface area (Å²) in [5, 5.41) is 3.43. The molecule has 0 saturated heterocycles. The summed E-state index contributed by atoms with van der Waals surface area (Å²) in [7, 11) is 0. The lowest BCUT2D eigenvalue weighted by atomic mass is 10.2. The molecule has 0 atom stereocenters. The summed E-state index contributed by atoms with van der Waals surface area (Å²) < 4.78 is 0. The first-order chi connectivity index (χ1) is 7.45. The van der Waals surface area contributed by atoms with Crippen LogP contribution in [-0.2, 0) is 6.54 Å². The zero-order valence-electron chi connectivity index (χ0n) is 10.5. The van der Waals surface area contributed by atoms with Crippen molar-refractivity contribution in [3.05, 3.63) is 35.9 Å². The van der Waals surface area contributed by atoms with E-state index in [0.29, 0.717) is 0 Å². The van der Waals surface area contributed by atoms with Gasteiger partial charge in [-0.15, -0.1) is 0 Å². The lowest BCUT2D eigenvalue weighted by Crippen LogP contribution is -3.00. The number of hydrogen-bond acceptors (Lipinski definition) is 2. The zero-order chi connectivity index (χ0) is 10.3. The molecule has 0 saturated carbocycles. The normalized spacial score (nSPS) is 15.6. The average molecular weight is 239 g/mol. The summed E-state index contributed by atoms with van der Waals surface area (Å²) in [6, 6.07) is 10.5. The van der Waals surface area contributed by atoms with Crippen LogP contribution in [0.25, 0.3) is 0 Å². The van der Waals surface area contributed by atoms with E-state index in [0.717, 1.165) is 19.5 Å². The Balaban J connectivity index is 0.00000128. The van der Waals surface area contributed by atoms with Gasteiger partial charge in [0.15, 0.2) is 0 Å². The molecule has 1 aromatic carbocycles. The first kappa shape index (κ1) is 13.0. The third-order valence-corrected chi connectivity index (χ3v) is 2.71. The molecule has 2 rings (SSSR count). The predicted octanol–water partition coefficient (Wildman–Crippen LogP) is -0.135. The molecule has 2 nitrogen and oxygen atoms in total. The molecule has 1 N–H and O–H groups in total. The van der Waals surface area contributed by atoms with Crippen LogP contribution < -0.4 is 17.7 Å². The lowest BCUT2D eigenvalue weighted by Gasteiger charge is -2.07. The number of halogens is 1. The molecule has 1 aliphatic rings. The molecule has 0 radical (unpaired) electrons. The summed E-state index contributed by atoms with van der Waals surface area (Å²) >= 11 is 0. The van der Waals surface area contributed by atoms with Crippen LogP contribution in [-0.4, -0.2) is 12.4 Å². The summed E-state index contributed by atoms with van der Waals surface area (Å²) in [6.45, 7) is 1.90. The quantitative estimate of drug-likeness (QED) is 0.763. The van der Waals surface area contributed by atoms with Crippen LogP contribution >= 0.6 is 0 Å². The summed E-state index contributed by atoms with van der Waals surface area (Å²) in [4.78, 5) is 4.54. The van der Waals surface area contributed by atoms with Gasteiger partial charge in [0, 0.05) is 19.5 Å². The summed E-state index contributed by atoms with van der Waals surface area (Å²) in [6.07, 6.45) is 4.96. The van der Waals surface area contributed by atoms with Gasteiger partial charge in [-0.3, -0.25) is 4.99 Å². The smallest absolute Gasteiger partial charge is 1.00 e. The monoisotopic (exact) mass is 238 g/mol. The molecular weight excluding hydrogens is 220 g/mol. The SMILES string of the molecule is [Cl-].[H+].c1ccc(CNC2=NCCCCC2)cc1. The topological polar surface area (TPSA) is 24.4 Å². The van der Waals surface area contributed by atoms with Gasteiger partial charge in [0.25, 0.3) is 0 Å². The van der Waals surface area contributed by atoms with E-state index in [1.165, 1.54) is 30.7 Å². The fraction of sp³-hybridized carbons (Fsp3) is 0.462. The second-order valence-electron chi connectivity index (χ2n) is 3.98. The zero-order valence-corrected chi connectivity index (χ0v) is 10.2. The fourth-order valence-corrected chi connectivity index (χ4v) is 1.82. The predicted molar refractivity (Wildman–Crippen MR) is 65.2 cm³/mol. The van der Waals surface area contributed by atoms with Crippen LogP contribution in [0.1, 0.15) is 32.7 Å². The van der Waals surface area contributed by atoms with Crippen LogP contribution in [0.3, 0.4) is 0 Å². The Morgan fingerprint density at radius 2 is 1.94 bits per heavy atom. The highest BCUT2D eigenvalue weighted by Crippen LogP contribution is 2.06. The molecule has 0 aliphatic carbocycles. The number of aliphatic imine (C=N–C) groups is 1. The number of rotatable bonds is 2. The maximum absolute atomic E-state index is 4.54. The Bertz CT molecular complexity index is 327. The minimum atomic E-state index is 0. The van der Waals surface area contributed by atoms with Crippen molar-refractivity contribution in [2.24, 2.45) is 4.99 Å². The minimum Gasteiger partial charge on any atom is -1.00 e. The number of nitrogens with one attached hydrogen (secondary N) is 1. The highest BCUT2D eigenvalue weighted by atomic mass is 35.5. The first-order valence-electron chi connectivity index (χ1n) is 5.76. The molecule has 0 fully saturated rings. The highest BCUT2D eigenvalue weighted by molar-refractivity contribution is 5.82. The number of hydrogen-bond donors (Lipinski definition) is 1. The summed E-state index contributed by atoms with van der Waals surface area (Å²) in [5.41, 5.74) is 1.32. The maximum Gasteiger partial charge on any atom is 1.00 e. The number of benzene rings is 1. The van der Waals surface area contributed by atoms with Gasteiger partial charge >= 0.3 is 1.43 Å². The maximum atomic E-state index is 4.54. The second kappa shape index (κ2) is 7.29. The van der Waals surface area contributed by atoms with Gasteiger partial charge in [0.05, 0.1) is 5.84 Å². The van der Waals surface area contributed by atoms with Crippen molar-refractivity contribution in [3.8, 4) is 0 Å². The lowest BCUT2D eigenvalue weighted by molar-refractivity contribution is -0.00000320. The molecule has 0 amide bonds. The van der Waals surface area contributed by atoms with E-state index in [-0.39, 0.29) is 13.8 Å². The fourth-order valence-electron chi connectivity index (χ4n) is 1.82. The van der Waals surface area contributed by atoms with E-state index < -0.39 is 0 Å². The average Bonchev–Trinajstić information content (AvgIpc) is 2.56. The third-order valence-electron chi connectivity index (χ3n) is 2.71. The summed E-state index contributed by atoms with van der Waals surface area (Å²) in [5.74, 6) is 1.19. The Kier molecular flexibility index (Phi) is 5.94. The van der Waals surface area contributed by atoms with E-state index in [9.17, 15) is 0 Å². The van der Waals surface area contributed by atoms with Crippen molar-refractivity contribution < 1.29 is 13.8 Å². The van der Waals surface area contributed by atoms with Gasteiger partial charge in [-0.2, -0.15) is 0 Å². The minimum absolute atomic E-state index is 0. The molecule has 16 heavy (non-hydrogen) atoms. The van der Waals surface area contributed by atoms with Gasteiger partial charge in [0.2, 0.25) is 0 Å². The van der Waals surface area contributed by atoms with E-state index in [1.54, 1.807) is 0 Å². The van der Waals surface area contributed by atoms with Gasteiger partial charge < -0.3 is 17.7 Å². The highest BCUT2D eigenvalue weighted by Gasteiger charge is 2.03. The van der Waals surface area contributed by atoms with Crippen molar-refractivity contribution in [2.45, 2.75) is 32.2 Å². The Hall–Kier alpha value is -1.02. The molecule has 1 heterocycles. The van der Waals surface area contributed by atoms with E-state index in [1.807, 2.05) is 6.07 Å². The first-order valence-corrected chi connectivity index (χ1v) is 5.76. The van der Waals surface area contributed by atoms with Gasteiger partial charge in [0.1, 0.15) is 0 Å². The van der Waals surface area contributed by atoms with Crippen molar-refractivity contribution in [1.29, 1.82) is 0 Å². The molecule has 1 aromatic rings. The molecule has 0 bridgehead atoms. The van der Waals surface area contributed by atoms with E-state index >= 15 is 0 Å². The van der Waals surface area contributed by atoms with Crippen molar-refractivity contribution in [3.63, 3.8) is 0 Å². The van der Waals surface area contributed by atoms with Crippen molar-refractivity contribution >= 4 is 5.84 Å². The largest absolute Gasteiger partial charge is 1.00 e. The number of nitrogens with zero attached hydrogens (tertiary/aromatic N) is 1. The van der Waals surface area contributed by atoms with Gasteiger partial charge in [-0.1, -0.05) is 36.8 Å². The number of amidine groups is 1. The van der Waals surface area contributed by atoms with Crippen molar-refractivity contribution in [1.82, 2.24) is 5.32 Å². The molecule has 0 unspecified atom stereocenters. The van der Waals surface area contributed by atoms with Gasteiger partial charge in [-0.05, 0) is 18.4 Å². The van der Waals surface area contributed by atoms with Crippen LogP contribution in [0, 0.1) is 0 Å². The second-order valence-corrected chi connectivity index (χ2v) is 3.98. The van der Waals surface area contributed by atoms with Crippen LogP contribution in [0.2, 0.25) is 0 Å². The Labute approximate surface area is 105 Å². The molecule has 1 aliphatic heterocycles. The molecule has 0 aromatic heterocycles. The molecule has 3 heteroatoms. The molecular formula is C13H19ClN2. The van der Waals surface area contributed by atoms with E-state index in [2.05, 4.69) is 34.6 Å². The van der Waals surface area contributed by atoms with E-state index in [4.69, 9.17) is 0 Å².